The van der Waals surface area contributed by atoms with E-state index < -0.39 is 0 Å². The maximum Gasteiger partial charge on any atom is 0.141 e. The van der Waals surface area contributed by atoms with Gasteiger partial charge in [0.1, 0.15) is 6.29 Å². The lowest BCUT2D eigenvalue weighted by Crippen LogP contribution is -2.02. The Morgan fingerprint density at radius 3 is 3.00 bits per heavy atom. The Hall–Kier alpha value is -0.830. The molecule has 0 amide bonds. The Morgan fingerprint density at radius 1 is 1.90 bits per heavy atom. The van der Waals surface area contributed by atoms with Gasteiger partial charge in [0.05, 0.1) is 23.5 Å². The van der Waals surface area contributed by atoms with Crippen molar-refractivity contribution in [3.63, 3.8) is 0 Å². The molecule has 0 aliphatic carbocycles. The maximum atomic E-state index is 10.0. The van der Waals surface area contributed by atoms with Gasteiger partial charge >= 0.3 is 0 Å². The number of aldehydes is 1. The van der Waals surface area contributed by atoms with Gasteiger partial charge in [-0.15, -0.1) is 0 Å². The van der Waals surface area contributed by atoms with Gasteiger partial charge in [-0.1, -0.05) is 11.6 Å². The summed E-state index contributed by atoms with van der Waals surface area (Å²) in [7, 11) is 0. The number of aromatic nitrogens is 2. The summed E-state index contributed by atoms with van der Waals surface area (Å²) in [5.74, 6) is 0. The van der Waals surface area contributed by atoms with Crippen molar-refractivity contribution in [2.24, 2.45) is 0 Å². The second kappa shape index (κ2) is 2.84. The number of hydrogen-bond acceptors (Lipinski definition) is 2. The summed E-state index contributed by atoms with van der Waals surface area (Å²) in [4.78, 5) is 10.0. The smallest absolute Gasteiger partial charge is 0.141 e. The standard InChI is InChI=1S/C6H7ClN2O/c1-5-6(7)4-8-9(5)2-3-10/h3-4H,2H2,1H3. The number of rotatable bonds is 2. The molecule has 0 aliphatic heterocycles. The van der Waals surface area contributed by atoms with Crippen LogP contribution in [0.4, 0.5) is 0 Å². The van der Waals surface area contributed by atoms with Crippen molar-refractivity contribution in [3.05, 3.63) is 16.9 Å². The predicted molar refractivity (Wildman–Crippen MR) is 38.0 cm³/mol. The molecule has 3 nitrogen and oxygen atoms in total. The van der Waals surface area contributed by atoms with Crippen molar-refractivity contribution in [2.45, 2.75) is 13.5 Å². The number of hydrogen-bond donors (Lipinski definition) is 0. The van der Waals surface area contributed by atoms with Crippen molar-refractivity contribution >= 4 is 17.9 Å². The molecule has 0 radical (unpaired) electrons. The molecule has 0 saturated heterocycles. The molecule has 10 heavy (non-hydrogen) atoms. The normalized spacial score (nSPS) is 9.80. The Kier molecular flexibility index (Phi) is 2.06. The summed E-state index contributed by atoms with van der Waals surface area (Å²) >= 11 is 5.67. The molecule has 1 rings (SSSR count). The average Bonchev–Trinajstić information content (AvgIpc) is 2.20. The van der Waals surface area contributed by atoms with Crippen LogP contribution < -0.4 is 0 Å². The first-order chi connectivity index (χ1) is 4.75. The summed E-state index contributed by atoms with van der Waals surface area (Å²) in [6, 6.07) is 0. The van der Waals surface area contributed by atoms with Gasteiger partial charge < -0.3 is 4.79 Å². The molecule has 0 N–H and O–H groups in total. The van der Waals surface area contributed by atoms with E-state index >= 15 is 0 Å². The molecule has 1 aromatic heterocycles. The van der Waals surface area contributed by atoms with Crippen LogP contribution in [-0.4, -0.2) is 16.1 Å². The zero-order valence-electron chi connectivity index (χ0n) is 5.54. The van der Waals surface area contributed by atoms with Gasteiger partial charge in [0.25, 0.3) is 0 Å². The Bertz CT molecular complexity index is 244. The highest BCUT2D eigenvalue weighted by Crippen LogP contribution is 2.12. The summed E-state index contributed by atoms with van der Waals surface area (Å²) in [5.41, 5.74) is 0.828. The van der Waals surface area contributed by atoms with Crippen LogP contribution in [0.3, 0.4) is 0 Å². The van der Waals surface area contributed by atoms with Crippen LogP contribution in [0, 0.1) is 6.92 Å². The van der Waals surface area contributed by atoms with Gasteiger partial charge in [0, 0.05) is 0 Å². The average molecular weight is 159 g/mol. The summed E-state index contributed by atoms with van der Waals surface area (Å²) in [6.07, 6.45) is 2.32. The van der Waals surface area contributed by atoms with E-state index in [1.165, 1.54) is 6.20 Å². The molecule has 0 aromatic carbocycles. The second-order valence-corrected chi connectivity index (χ2v) is 2.33. The van der Waals surface area contributed by atoms with Gasteiger partial charge in [-0.3, -0.25) is 4.68 Å². The highest BCUT2D eigenvalue weighted by atomic mass is 35.5. The first-order valence-electron chi connectivity index (χ1n) is 2.87. The molecule has 0 saturated carbocycles. The van der Waals surface area contributed by atoms with E-state index in [4.69, 9.17) is 11.6 Å². The zero-order valence-corrected chi connectivity index (χ0v) is 6.30. The van der Waals surface area contributed by atoms with Crippen molar-refractivity contribution in [1.82, 2.24) is 9.78 Å². The quantitative estimate of drug-likeness (QED) is 0.603. The summed E-state index contributed by atoms with van der Waals surface area (Å²) in [6.45, 7) is 2.09. The lowest BCUT2D eigenvalue weighted by Gasteiger charge is -1.95. The largest absolute Gasteiger partial charge is 0.301 e. The number of carbonyl (C=O) groups excluding carboxylic acids is 1. The fraction of sp³-hybridized carbons (Fsp3) is 0.333. The van der Waals surface area contributed by atoms with Gasteiger partial charge in [-0.25, -0.2) is 0 Å². The minimum atomic E-state index is 0.276. The Morgan fingerprint density at radius 2 is 2.60 bits per heavy atom. The van der Waals surface area contributed by atoms with E-state index in [2.05, 4.69) is 5.10 Å². The predicted octanol–water partition coefficient (Wildman–Crippen LogP) is 1.04. The van der Waals surface area contributed by atoms with Crippen molar-refractivity contribution < 1.29 is 4.79 Å². The molecule has 0 atom stereocenters. The second-order valence-electron chi connectivity index (χ2n) is 1.93. The fourth-order valence-electron chi connectivity index (χ4n) is 0.678. The molecule has 54 valence electrons. The van der Waals surface area contributed by atoms with Gasteiger partial charge in [-0.2, -0.15) is 5.10 Å². The molecule has 1 aromatic rings. The zero-order chi connectivity index (χ0) is 7.56. The molecule has 0 spiro atoms. The van der Waals surface area contributed by atoms with Crippen LogP contribution in [0.15, 0.2) is 6.20 Å². The fourth-order valence-corrected chi connectivity index (χ4v) is 0.820. The Labute approximate surface area is 63.6 Å². The topological polar surface area (TPSA) is 34.9 Å². The Balaban J connectivity index is 2.93. The van der Waals surface area contributed by atoms with Gasteiger partial charge in [-0.05, 0) is 6.92 Å². The molecule has 1 heterocycles. The SMILES string of the molecule is Cc1c(Cl)cnn1CC=O. The van der Waals surface area contributed by atoms with E-state index in [9.17, 15) is 4.79 Å². The summed E-state index contributed by atoms with van der Waals surface area (Å²) < 4.78 is 1.55. The van der Waals surface area contributed by atoms with Crippen molar-refractivity contribution in [3.8, 4) is 0 Å². The van der Waals surface area contributed by atoms with E-state index in [1.54, 1.807) is 4.68 Å². The van der Waals surface area contributed by atoms with Crippen LogP contribution in [-0.2, 0) is 11.3 Å². The third kappa shape index (κ3) is 1.19. The monoisotopic (exact) mass is 158 g/mol. The van der Waals surface area contributed by atoms with Crippen LogP contribution in [0.1, 0.15) is 5.69 Å². The number of halogens is 1. The number of carbonyl (C=O) groups is 1. The van der Waals surface area contributed by atoms with Crippen LogP contribution >= 0.6 is 11.6 Å². The first-order valence-corrected chi connectivity index (χ1v) is 3.25. The minimum absolute atomic E-state index is 0.276. The molecule has 0 fully saturated rings. The number of nitrogens with zero attached hydrogens (tertiary/aromatic N) is 2. The highest BCUT2D eigenvalue weighted by Gasteiger charge is 2.00. The van der Waals surface area contributed by atoms with Gasteiger partial charge in [0.15, 0.2) is 0 Å². The maximum absolute atomic E-state index is 10.0. The first kappa shape index (κ1) is 7.28. The molecule has 0 unspecified atom stereocenters. The van der Waals surface area contributed by atoms with Gasteiger partial charge in [0.2, 0.25) is 0 Å². The van der Waals surface area contributed by atoms with E-state index in [0.29, 0.717) is 5.02 Å². The lowest BCUT2D eigenvalue weighted by atomic mass is 10.5. The third-order valence-electron chi connectivity index (χ3n) is 1.29. The van der Waals surface area contributed by atoms with E-state index in [-0.39, 0.29) is 6.54 Å². The molecular formula is C6H7ClN2O. The minimum Gasteiger partial charge on any atom is -0.301 e. The third-order valence-corrected chi connectivity index (χ3v) is 1.66. The molecule has 0 aliphatic rings. The van der Waals surface area contributed by atoms with E-state index in [0.717, 1.165) is 12.0 Å². The molecule has 4 heteroatoms. The van der Waals surface area contributed by atoms with Crippen molar-refractivity contribution in [2.75, 3.05) is 0 Å². The van der Waals surface area contributed by atoms with Crippen LogP contribution in [0.2, 0.25) is 5.02 Å². The summed E-state index contributed by atoms with van der Waals surface area (Å²) in [5, 5.41) is 4.46. The van der Waals surface area contributed by atoms with Crippen LogP contribution in [0.25, 0.3) is 0 Å². The highest BCUT2D eigenvalue weighted by molar-refractivity contribution is 6.31. The molecular weight excluding hydrogens is 152 g/mol. The molecule has 0 bridgehead atoms. The lowest BCUT2D eigenvalue weighted by molar-refractivity contribution is -0.108. The van der Waals surface area contributed by atoms with Crippen molar-refractivity contribution in [1.29, 1.82) is 0 Å². The van der Waals surface area contributed by atoms with Crippen LogP contribution in [0.5, 0.6) is 0 Å². The van der Waals surface area contributed by atoms with E-state index in [1.807, 2.05) is 6.92 Å².